The SMILES string of the molecule is O=C(O)c1ccc2c(c1)-c1ccccc1CO2. The molecule has 0 bridgehead atoms. The summed E-state index contributed by atoms with van der Waals surface area (Å²) in [5.74, 6) is -0.176. The molecular formula is C14H10O3. The second kappa shape index (κ2) is 3.63. The largest absolute Gasteiger partial charge is 0.488 e. The Bertz CT molecular complexity index is 602. The molecule has 0 aliphatic carbocycles. The number of carbonyl (C=O) groups is 1. The molecule has 84 valence electrons. The molecule has 3 rings (SSSR count). The number of hydrogen-bond donors (Lipinski definition) is 1. The van der Waals surface area contributed by atoms with Gasteiger partial charge in [-0.1, -0.05) is 24.3 Å². The van der Waals surface area contributed by atoms with Gasteiger partial charge in [0.05, 0.1) is 5.56 Å². The summed E-state index contributed by atoms with van der Waals surface area (Å²) in [5, 5.41) is 8.99. The van der Waals surface area contributed by atoms with Gasteiger partial charge in [-0.3, -0.25) is 0 Å². The summed E-state index contributed by atoms with van der Waals surface area (Å²) in [4.78, 5) is 11.0. The third-order valence-corrected chi connectivity index (χ3v) is 2.92. The fraction of sp³-hybridized carbons (Fsp3) is 0.0714. The highest BCUT2D eigenvalue weighted by atomic mass is 16.5. The van der Waals surface area contributed by atoms with Gasteiger partial charge in [-0.25, -0.2) is 4.79 Å². The van der Waals surface area contributed by atoms with Crippen molar-refractivity contribution in [1.82, 2.24) is 0 Å². The van der Waals surface area contributed by atoms with Gasteiger partial charge < -0.3 is 9.84 Å². The lowest BCUT2D eigenvalue weighted by molar-refractivity contribution is 0.0697. The van der Waals surface area contributed by atoms with Crippen LogP contribution in [0, 0.1) is 0 Å². The third-order valence-electron chi connectivity index (χ3n) is 2.92. The van der Waals surface area contributed by atoms with Gasteiger partial charge in [-0.15, -0.1) is 0 Å². The van der Waals surface area contributed by atoms with E-state index >= 15 is 0 Å². The number of benzene rings is 2. The maximum atomic E-state index is 11.0. The maximum Gasteiger partial charge on any atom is 0.335 e. The van der Waals surface area contributed by atoms with Crippen LogP contribution in [0.4, 0.5) is 0 Å². The number of hydrogen-bond acceptors (Lipinski definition) is 2. The summed E-state index contributed by atoms with van der Waals surface area (Å²) >= 11 is 0. The van der Waals surface area contributed by atoms with Gasteiger partial charge in [-0.2, -0.15) is 0 Å². The van der Waals surface area contributed by atoms with Gasteiger partial charge in [0.2, 0.25) is 0 Å². The summed E-state index contributed by atoms with van der Waals surface area (Å²) < 4.78 is 5.59. The quantitative estimate of drug-likeness (QED) is 0.813. The lowest BCUT2D eigenvalue weighted by atomic mass is 9.95. The van der Waals surface area contributed by atoms with E-state index in [2.05, 4.69) is 0 Å². The lowest BCUT2D eigenvalue weighted by Gasteiger charge is -2.20. The van der Waals surface area contributed by atoms with Crippen LogP contribution < -0.4 is 4.74 Å². The zero-order valence-corrected chi connectivity index (χ0v) is 9.01. The molecule has 0 saturated carbocycles. The van der Waals surface area contributed by atoms with Crippen LogP contribution >= 0.6 is 0 Å². The van der Waals surface area contributed by atoms with E-state index in [1.54, 1.807) is 18.2 Å². The highest BCUT2D eigenvalue weighted by molar-refractivity contribution is 5.91. The van der Waals surface area contributed by atoms with Crippen LogP contribution in [0.2, 0.25) is 0 Å². The standard InChI is InChI=1S/C14H10O3/c15-14(16)9-5-6-13-12(7-9)11-4-2-1-3-10(11)8-17-13/h1-7H,8H2,(H,15,16). The van der Waals surface area contributed by atoms with E-state index in [9.17, 15) is 4.79 Å². The zero-order chi connectivity index (χ0) is 11.8. The number of rotatable bonds is 1. The monoisotopic (exact) mass is 226 g/mol. The Morgan fingerprint density at radius 3 is 2.76 bits per heavy atom. The summed E-state index contributed by atoms with van der Waals surface area (Å²) in [6.45, 7) is 0.537. The van der Waals surface area contributed by atoms with Crippen molar-refractivity contribution in [2.45, 2.75) is 6.61 Å². The number of fused-ring (bicyclic) bond motifs is 3. The highest BCUT2D eigenvalue weighted by Gasteiger charge is 2.18. The van der Waals surface area contributed by atoms with Crippen LogP contribution in [0.5, 0.6) is 5.75 Å². The molecule has 1 heterocycles. The molecule has 3 heteroatoms. The first-order valence-electron chi connectivity index (χ1n) is 5.34. The Morgan fingerprint density at radius 2 is 1.94 bits per heavy atom. The van der Waals surface area contributed by atoms with Crippen LogP contribution in [0.25, 0.3) is 11.1 Å². The molecule has 0 saturated heterocycles. The van der Waals surface area contributed by atoms with Crippen molar-refractivity contribution in [3.05, 3.63) is 53.6 Å². The van der Waals surface area contributed by atoms with E-state index in [0.29, 0.717) is 6.61 Å². The third kappa shape index (κ3) is 1.56. The molecule has 0 spiro atoms. The molecule has 3 nitrogen and oxygen atoms in total. The Hall–Kier alpha value is -2.29. The summed E-state index contributed by atoms with van der Waals surface area (Å²) in [6, 6.07) is 12.8. The average molecular weight is 226 g/mol. The molecule has 1 N–H and O–H groups in total. The minimum absolute atomic E-state index is 0.282. The van der Waals surface area contributed by atoms with Crippen LogP contribution in [0.3, 0.4) is 0 Å². The molecule has 0 unspecified atom stereocenters. The number of ether oxygens (including phenoxy) is 1. The van der Waals surface area contributed by atoms with Gasteiger partial charge in [0.25, 0.3) is 0 Å². The Balaban J connectivity index is 2.22. The first-order valence-corrected chi connectivity index (χ1v) is 5.34. The first kappa shape index (κ1) is 9.90. The van der Waals surface area contributed by atoms with Gasteiger partial charge >= 0.3 is 5.97 Å². The van der Waals surface area contributed by atoms with Crippen molar-refractivity contribution in [2.24, 2.45) is 0 Å². The molecule has 0 aromatic heterocycles. The predicted molar refractivity (Wildman–Crippen MR) is 63.2 cm³/mol. The van der Waals surface area contributed by atoms with E-state index in [0.717, 1.165) is 22.4 Å². The van der Waals surface area contributed by atoms with E-state index in [1.165, 1.54) is 0 Å². The van der Waals surface area contributed by atoms with Gasteiger partial charge in [0, 0.05) is 5.56 Å². The molecule has 0 amide bonds. The Kier molecular flexibility index (Phi) is 2.11. The van der Waals surface area contributed by atoms with Crippen molar-refractivity contribution in [1.29, 1.82) is 0 Å². The molecule has 1 aliphatic heterocycles. The average Bonchev–Trinajstić information content (AvgIpc) is 2.38. The van der Waals surface area contributed by atoms with Gasteiger partial charge in [-0.05, 0) is 29.3 Å². The van der Waals surface area contributed by atoms with Gasteiger partial charge in [0.1, 0.15) is 12.4 Å². The second-order valence-electron chi connectivity index (χ2n) is 3.96. The van der Waals surface area contributed by atoms with Crippen molar-refractivity contribution in [3.63, 3.8) is 0 Å². The van der Waals surface area contributed by atoms with Crippen molar-refractivity contribution >= 4 is 5.97 Å². The van der Waals surface area contributed by atoms with Crippen LogP contribution in [-0.2, 0) is 6.61 Å². The minimum Gasteiger partial charge on any atom is -0.488 e. The van der Waals surface area contributed by atoms with E-state index in [4.69, 9.17) is 9.84 Å². The molecular weight excluding hydrogens is 216 g/mol. The molecule has 1 aliphatic rings. The fourth-order valence-corrected chi connectivity index (χ4v) is 2.06. The highest BCUT2D eigenvalue weighted by Crippen LogP contribution is 2.37. The van der Waals surface area contributed by atoms with E-state index in [1.807, 2.05) is 24.3 Å². The predicted octanol–water partition coefficient (Wildman–Crippen LogP) is 2.94. The fourth-order valence-electron chi connectivity index (χ4n) is 2.06. The topological polar surface area (TPSA) is 46.5 Å². The summed E-state index contributed by atoms with van der Waals surface area (Å²) in [6.07, 6.45) is 0. The summed E-state index contributed by atoms with van der Waals surface area (Å²) in [7, 11) is 0. The normalized spacial score (nSPS) is 12.2. The zero-order valence-electron chi connectivity index (χ0n) is 9.01. The van der Waals surface area contributed by atoms with Crippen LogP contribution in [0.1, 0.15) is 15.9 Å². The smallest absolute Gasteiger partial charge is 0.335 e. The maximum absolute atomic E-state index is 11.0. The molecule has 0 atom stereocenters. The summed E-state index contributed by atoms with van der Waals surface area (Å²) in [5.41, 5.74) is 3.27. The second-order valence-corrected chi connectivity index (χ2v) is 3.96. The van der Waals surface area contributed by atoms with E-state index in [-0.39, 0.29) is 5.56 Å². The first-order chi connectivity index (χ1) is 8.25. The Morgan fingerprint density at radius 1 is 1.12 bits per heavy atom. The number of carboxylic acid groups (broad SMARTS) is 1. The minimum atomic E-state index is -0.921. The molecule has 0 radical (unpaired) electrons. The van der Waals surface area contributed by atoms with Crippen LogP contribution in [0.15, 0.2) is 42.5 Å². The van der Waals surface area contributed by atoms with Gasteiger partial charge in [0.15, 0.2) is 0 Å². The molecule has 17 heavy (non-hydrogen) atoms. The lowest BCUT2D eigenvalue weighted by Crippen LogP contribution is -2.06. The molecule has 2 aromatic carbocycles. The number of carboxylic acids is 1. The van der Waals surface area contributed by atoms with Crippen LogP contribution in [-0.4, -0.2) is 11.1 Å². The number of aromatic carboxylic acids is 1. The molecule has 0 fully saturated rings. The Labute approximate surface area is 98.3 Å². The van der Waals surface area contributed by atoms with Crippen molar-refractivity contribution in [2.75, 3.05) is 0 Å². The van der Waals surface area contributed by atoms with Crippen molar-refractivity contribution in [3.8, 4) is 16.9 Å². The van der Waals surface area contributed by atoms with Crippen molar-refractivity contribution < 1.29 is 14.6 Å². The molecule has 2 aromatic rings. The van der Waals surface area contributed by atoms with E-state index < -0.39 is 5.97 Å².